The second-order valence-electron chi connectivity index (χ2n) is 8.28. The third-order valence-electron chi connectivity index (χ3n) is 6.07. The van der Waals surface area contributed by atoms with Gasteiger partial charge in [-0.05, 0) is 56.9 Å². The lowest BCUT2D eigenvalue weighted by molar-refractivity contribution is -0.129. The number of allylic oxidation sites excluding steroid dienone is 2. The summed E-state index contributed by atoms with van der Waals surface area (Å²) in [6.45, 7) is 7.79. The average Bonchev–Trinajstić information content (AvgIpc) is 2.95. The van der Waals surface area contributed by atoms with Gasteiger partial charge in [0.2, 0.25) is 5.91 Å². The smallest absolute Gasteiger partial charge is 0.237 e. The van der Waals surface area contributed by atoms with Crippen molar-refractivity contribution in [3.63, 3.8) is 0 Å². The molecule has 2 unspecified atom stereocenters. The van der Waals surface area contributed by atoms with E-state index in [1.54, 1.807) is 11.1 Å². The first-order valence-electron chi connectivity index (χ1n) is 11.4. The van der Waals surface area contributed by atoms with Gasteiger partial charge in [0.15, 0.2) is 0 Å². The minimum absolute atomic E-state index is 0.275. The molecule has 0 N–H and O–H groups in total. The molecule has 1 saturated heterocycles. The first kappa shape index (κ1) is 21.9. The normalized spacial score (nSPS) is 23.0. The Kier molecular flexibility index (Phi) is 10.2. The molecule has 1 fully saturated rings. The van der Waals surface area contributed by atoms with Crippen LogP contribution in [0.4, 0.5) is 0 Å². The van der Waals surface area contributed by atoms with E-state index in [0.717, 1.165) is 13.0 Å². The van der Waals surface area contributed by atoms with Crippen molar-refractivity contribution >= 4 is 17.9 Å². The maximum absolute atomic E-state index is 12.9. The van der Waals surface area contributed by atoms with Crippen LogP contribution in [0.2, 0.25) is 0 Å². The fourth-order valence-electron chi connectivity index (χ4n) is 4.36. The van der Waals surface area contributed by atoms with Gasteiger partial charge < -0.3 is 0 Å². The van der Waals surface area contributed by atoms with Crippen LogP contribution in [-0.2, 0) is 4.79 Å². The quantitative estimate of drug-likeness (QED) is 0.190. The first-order valence-corrected chi connectivity index (χ1v) is 12.2. The zero-order chi connectivity index (χ0) is 18.8. The number of nitrogens with zero attached hydrogens (tertiary/aromatic N) is 1. The minimum atomic E-state index is 0.275. The number of rotatable bonds is 13. The lowest BCUT2D eigenvalue weighted by Crippen LogP contribution is -2.28. The maximum Gasteiger partial charge on any atom is 0.237 e. The van der Waals surface area contributed by atoms with Gasteiger partial charge in [-0.3, -0.25) is 9.10 Å². The van der Waals surface area contributed by atoms with Gasteiger partial charge >= 0.3 is 0 Å². The molecule has 0 saturated carbocycles. The molecule has 0 bridgehead atoms. The molecular weight excluding hydrogens is 338 g/mol. The molecule has 1 aliphatic heterocycles. The summed E-state index contributed by atoms with van der Waals surface area (Å²) in [4.78, 5) is 12.9. The second kappa shape index (κ2) is 12.1. The summed E-state index contributed by atoms with van der Waals surface area (Å²) in [5, 5.41) is 0.528. The predicted molar refractivity (Wildman–Crippen MR) is 115 cm³/mol. The fraction of sp³-hybridized carbons (Fsp3) is 0.870. The highest BCUT2D eigenvalue weighted by Gasteiger charge is 2.44. The summed E-state index contributed by atoms with van der Waals surface area (Å²) in [7, 11) is 0. The Hall–Kier alpha value is -0.440. The van der Waals surface area contributed by atoms with E-state index in [9.17, 15) is 4.79 Å². The number of amides is 1. The van der Waals surface area contributed by atoms with Crippen LogP contribution in [0.15, 0.2) is 11.1 Å². The molecule has 1 heterocycles. The molecule has 1 aliphatic carbocycles. The van der Waals surface area contributed by atoms with Crippen LogP contribution < -0.4 is 0 Å². The van der Waals surface area contributed by atoms with E-state index in [1.807, 2.05) is 11.9 Å². The van der Waals surface area contributed by atoms with E-state index in [0.29, 0.717) is 11.2 Å². The van der Waals surface area contributed by atoms with E-state index in [1.165, 1.54) is 83.5 Å². The monoisotopic (exact) mass is 379 g/mol. The van der Waals surface area contributed by atoms with Crippen LogP contribution in [0.5, 0.6) is 0 Å². The van der Waals surface area contributed by atoms with Crippen molar-refractivity contribution in [1.29, 1.82) is 0 Å². The fourth-order valence-corrected chi connectivity index (χ4v) is 5.80. The highest BCUT2D eigenvalue weighted by Crippen LogP contribution is 2.47. The van der Waals surface area contributed by atoms with Crippen molar-refractivity contribution in [1.82, 2.24) is 4.31 Å². The lowest BCUT2D eigenvalue weighted by Gasteiger charge is -2.28. The van der Waals surface area contributed by atoms with E-state index in [-0.39, 0.29) is 5.92 Å². The van der Waals surface area contributed by atoms with E-state index in [4.69, 9.17) is 0 Å². The number of carbonyl (C=O) groups excluding carboxylic acids is 1. The minimum Gasteiger partial charge on any atom is -0.286 e. The van der Waals surface area contributed by atoms with Crippen molar-refractivity contribution in [2.45, 2.75) is 116 Å². The van der Waals surface area contributed by atoms with Crippen LogP contribution in [0, 0.1) is 5.92 Å². The SMILES string of the molecule is CCCCCCCCN1SC2CC(CCCC)=C(CCCC)CC2C1=O. The van der Waals surface area contributed by atoms with E-state index < -0.39 is 0 Å². The van der Waals surface area contributed by atoms with E-state index in [2.05, 4.69) is 25.1 Å². The van der Waals surface area contributed by atoms with Crippen molar-refractivity contribution < 1.29 is 4.79 Å². The molecule has 2 atom stereocenters. The van der Waals surface area contributed by atoms with Crippen LogP contribution in [0.25, 0.3) is 0 Å². The van der Waals surface area contributed by atoms with Gasteiger partial charge in [-0.1, -0.05) is 76.9 Å². The zero-order valence-corrected chi connectivity index (χ0v) is 18.3. The summed E-state index contributed by atoms with van der Waals surface area (Å²) in [6.07, 6.45) is 17.7. The molecule has 0 spiro atoms. The molecule has 0 aromatic heterocycles. The number of carbonyl (C=O) groups is 1. The molecule has 2 nitrogen and oxygen atoms in total. The van der Waals surface area contributed by atoms with Crippen molar-refractivity contribution in [2.75, 3.05) is 6.54 Å². The van der Waals surface area contributed by atoms with Crippen LogP contribution in [0.1, 0.15) is 111 Å². The molecule has 2 aliphatic rings. The van der Waals surface area contributed by atoms with Crippen molar-refractivity contribution in [3.05, 3.63) is 11.1 Å². The zero-order valence-electron chi connectivity index (χ0n) is 17.5. The number of fused-ring (bicyclic) bond motifs is 1. The second-order valence-corrected chi connectivity index (χ2v) is 9.54. The van der Waals surface area contributed by atoms with Gasteiger partial charge in [0.25, 0.3) is 0 Å². The molecular formula is C23H41NOS. The Balaban J connectivity index is 1.85. The van der Waals surface area contributed by atoms with E-state index >= 15 is 0 Å². The first-order chi connectivity index (χ1) is 12.7. The molecule has 0 aromatic carbocycles. The van der Waals surface area contributed by atoms with Gasteiger partial charge in [-0.15, -0.1) is 0 Å². The predicted octanol–water partition coefficient (Wildman–Crippen LogP) is 7.29. The summed E-state index contributed by atoms with van der Waals surface area (Å²) >= 11 is 1.88. The lowest BCUT2D eigenvalue weighted by atomic mass is 9.79. The third kappa shape index (κ3) is 6.32. The Morgan fingerprint density at radius 2 is 1.38 bits per heavy atom. The van der Waals surface area contributed by atoms with Gasteiger partial charge in [0.1, 0.15) is 0 Å². The van der Waals surface area contributed by atoms with Crippen LogP contribution in [0.3, 0.4) is 0 Å². The largest absolute Gasteiger partial charge is 0.286 e. The number of unbranched alkanes of at least 4 members (excludes halogenated alkanes) is 7. The number of hydrogen-bond acceptors (Lipinski definition) is 2. The molecule has 0 aromatic rings. The molecule has 26 heavy (non-hydrogen) atoms. The maximum atomic E-state index is 12.9. The molecule has 1 amide bonds. The molecule has 150 valence electrons. The Morgan fingerprint density at radius 1 is 0.808 bits per heavy atom. The summed E-state index contributed by atoms with van der Waals surface area (Å²) in [5.41, 5.74) is 3.36. The highest BCUT2D eigenvalue weighted by atomic mass is 32.2. The highest BCUT2D eigenvalue weighted by molar-refractivity contribution is 7.98. The molecule has 0 radical (unpaired) electrons. The Labute approximate surface area is 166 Å². The average molecular weight is 380 g/mol. The summed E-state index contributed by atoms with van der Waals surface area (Å²) in [5.74, 6) is 0.717. The standard InChI is InChI=1S/C23H41NOS/c1-4-7-10-11-12-13-16-24-23(25)21-17-19(14-8-5-2)20(15-9-6-3)18-22(21)26-24/h21-22H,4-18H2,1-3H3. The molecule has 3 heteroatoms. The van der Waals surface area contributed by atoms with Crippen LogP contribution >= 0.6 is 11.9 Å². The van der Waals surface area contributed by atoms with Gasteiger partial charge in [0.05, 0.1) is 5.92 Å². The Morgan fingerprint density at radius 3 is 2.04 bits per heavy atom. The van der Waals surface area contributed by atoms with Crippen molar-refractivity contribution in [3.8, 4) is 0 Å². The van der Waals surface area contributed by atoms with Crippen molar-refractivity contribution in [2.24, 2.45) is 5.92 Å². The topological polar surface area (TPSA) is 20.3 Å². The van der Waals surface area contributed by atoms with Crippen LogP contribution in [-0.4, -0.2) is 22.0 Å². The van der Waals surface area contributed by atoms with Gasteiger partial charge in [-0.25, -0.2) is 0 Å². The molecule has 2 rings (SSSR count). The third-order valence-corrected chi connectivity index (χ3v) is 7.45. The summed E-state index contributed by atoms with van der Waals surface area (Å²) in [6, 6.07) is 0. The Bertz CT molecular complexity index is 459. The number of hydrogen-bond donors (Lipinski definition) is 0. The summed E-state index contributed by atoms with van der Waals surface area (Å²) < 4.78 is 2.13. The van der Waals surface area contributed by atoms with Gasteiger partial charge in [0, 0.05) is 11.8 Å². The van der Waals surface area contributed by atoms with Gasteiger partial charge in [-0.2, -0.15) is 0 Å².